The number of aliphatic hydroxyl groups is 1. The van der Waals surface area contributed by atoms with E-state index in [1.807, 2.05) is 0 Å². The summed E-state index contributed by atoms with van der Waals surface area (Å²) in [6.45, 7) is 3.51. The number of carbonyl (C=O) groups excluding carboxylic acids is 1. The van der Waals surface area contributed by atoms with Crippen LogP contribution >= 0.6 is 11.6 Å². The quantitative estimate of drug-likeness (QED) is 0.857. The van der Waals surface area contributed by atoms with Gasteiger partial charge in [-0.1, -0.05) is 43.6 Å². The summed E-state index contributed by atoms with van der Waals surface area (Å²) in [5, 5.41) is 10.5. The summed E-state index contributed by atoms with van der Waals surface area (Å²) < 4.78 is 0. The number of carbonyl (C=O) groups is 1. The van der Waals surface area contributed by atoms with E-state index in [-0.39, 0.29) is 5.78 Å². The Morgan fingerprint density at radius 1 is 1.47 bits per heavy atom. The molecule has 1 N–H and O–H groups in total. The van der Waals surface area contributed by atoms with Crippen molar-refractivity contribution in [2.75, 3.05) is 0 Å². The van der Waals surface area contributed by atoms with Gasteiger partial charge in [0, 0.05) is 17.4 Å². The van der Waals surface area contributed by atoms with E-state index >= 15 is 0 Å². The number of Topliss-reactive ketones (excluding diaryl/α,β-unsaturated/α-hetero) is 1. The summed E-state index contributed by atoms with van der Waals surface area (Å²) in [5.41, 5.74) is 0.619. The highest BCUT2D eigenvalue weighted by molar-refractivity contribution is 6.31. The van der Waals surface area contributed by atoms with Gasteiger partial charge in [-0.2, -0.15) is 0 Å². The third kappa shape index (κ3) is 2.80. The van der Waals surface area contributed by atoms with Crippen LogP contribution in [0.5, 0.6) is 0 Å². The Balaban J connectivity index is 2.89. The molecule has 0 aromatic heterocycles. The lowest BCUT2D eigenvalue weighted by atomic mass is 9.92. The van der Waals surface area contributed by atoms with Gasteiger partial charge in [0.05, 0.1) is 6.10 Å². The SMILES string of the molecule is CCC(=O)[C@H](C)[C@@H](O)c1ccccc1Cl. The van der Waals surface area contributed by atoms with E-state index in [0.717, 1.165) is 0 Å². The van der Waals surface area contributed by atoms with Crippen LogP contribution in [0, 0.1) is 5.92 Å². The van der Waals surface area contributed by atoms with Gasteiger partial charge >= 0.3 is 0 Å². The Morgan fingerprint density at radius 3 is 2.60 bits per heavy atom. The molecule has 0 aliphatic carbocycles. The second kappa shape index (κ2) is 5.29. The Hall–Kier alpha value is -0.860. The van der Waals surface area contributed by atoms with E-state index < -0.39 is 12.0 Å². The molecule has 0 aliphatic rings. The third-order valence-corrected chi connectivity index (χ3v) is 2.90. The topological polar surface area (TPSA) is 37.3 Å². The molecule has 1 rings (SSSR count). The average Bonchev–Trinajstić information content (AvgIpc) is 2.26. The number of halogens is 1. The van der Waals surface area contributed by atoms with E-state index in [1.54, 1.807) is 38.1 Å². The molecule has 0 radical (unpaired) electrons. The van der Waals surface area contributed by atoms with Crippen molar-refractivity contribution >= 4 is 17.4 Å². The second-order valence-corrected chi connectivity index (χ2v) is 3.98. The predicted molar refractivity (Wildman–Crippen MR) is 60.9 cm³/mol. The Bertz CT molecular complexity index is 349. The summed E-state index contributed by atoms with van der Waals surface area (Å²) in [5.74, 6) is -0.364. The molecule has 0 heterocycles. The first-order valence-electron chi connectivity index (χ1n) is 5.03. The molecule has 15 heavy (non-hydrogen) atoms. The highest BCUT2D eigenvalue weighted by Gasteiger charge is 2.23. The van der Waals surface area contributed by atoms with Gasteiger partial charge in [0.2, 0.25) is 0 Å². The van der Waals surface area contributed by atoms with Crippen LogP contribution in [0.25, 0.3) is 0 Å². The third-order valence-electron chi connectivity index (χ3n) is 2.55. The molecule has 0 saturated heterocycles. The largest absolute Gasteiger partial charge is 0.388 e. The second-order valence-electron chi connectivity index (χ2n) is 3.57. The van der Waals surface area contributed by atoms with Gasteiger partial charge in [-0.3, -0.25) is 4.79 Å². The average molecular weight is 227 g/mol. The zero-order chi connectivity index (χ0) is 11.4. The molecule has 0 bridgehead atoms. The number of rotatable bonds is 4. The van der Waals surface area contributed by atoms with Crippen molar-refractivity contribution in [3.8, 4) is 0 Å². The molecule has 2 atom stereocenters. The fraction of sp³-hybridized carbons (Fsp3) is 0.417. The van der Waals surface area contributed by atoms with Crippen molar-refractivity contribution in [2.24, 2.45) is 5.92 Å². The zero-order valence-electron chi connectivity index (χ0n) is 8.90. The first kappa shape index (κ1) is 12.2. The Kier molecular flexibility index (Phi) is 4.30. The highest BCUT2D eigenvalue weighted by atomic mass is 35.5. The summed E-state index contributed by atoms with van der Waals surface area (Å²) in [6, 6.07) is 7.05. The van der Waals surface area contributed by atoms with Crippen LogP contribution < -0.4 is 0 Å². The van der Waals surface area contributed by atoms with Gasteiger partial charge in [-0.05, 0) is 11.6 Å². The van der Waals surface area contributed by atoms with E-state index in [1.165, 1.54) is 0 Å². The number of aliphatic hydroxyl groups excluding tert-OH is 1. The molecule has 2 nitrogen and oxygen atoms in total. The fourth-order valence-corrected chi connectivity index (χ4v) is 1.73. The van der Waals surface area contributed by atoms with Gasteiger partial charge in [0.15, 0.2) is 0 Å². The standard InChI is InChI=1S/C12H15ClO2/c1-3-11(14)8(2)12(15)9-6-4-5-7-10(9)13/h4-8,12,15H,3H2,1-2H3/t8-,12+/m0/s1. The predicted octanol–water partition coefficient (Wildman–Crippen LogP) is 2.99. The number of benzene rings is 1. The molecule has 0 saturated carbocycles. The van der Waals surface area contributed by atoms with Crippen LogP contribution in [0.3, 0.4) is 0 Å². The van der Waals surface area contributed by atoms with Crippen LogP contribution in [-0.2, 0) is 4.79 Å². The summed E-state index contributed by atoms with van der Waals surface area (Å²) in [4.78, 5) is 11.4. The minimum atomic E-state index is -0.814. The molecule has 0 aliphatic heterocycles. The van der Waals surface area contributed by atoms with Crippen LogP contribution in [0.2, 0.25) is 5.02 Å². The maximum Gasteiger partial charge on any atom is 0.138 e. The van der Waals surface area contributed by atoms with Gasteiger partial charge < -0.3 is 5.11 Å². The van der Waals surface area contributed by atoms with Crippen LogP contribution in [0.4, 0.5) is 0 Å². The van der Waals surface area contributed by atoms with Crippen molar-refractivity contribution in [2.45, 2.75) is 26.4 Å². The van der Waals surface area contributed by atoms with Crippen molar-refractivity contribution in [3.63, 3.8) is 0 Å². The lowest BCUT2D eigenvalue weighted by molar-refractivity contribution is -0.125. The van der Waals surface area contributed by atoms with Crippen LogP contribution in [0.15, 0.2) is 24.3 Å². The smallest absolute Gasteiger partial charge is 0.138 e. The molecule has 0 amide bonds. The zero-order valence-corrected chi connectivity index (χ0v) is 9.66. The minimum Gasteiger partial charge on any atom is -0.388 e. The molecule has 0 fully saturated rings. The first-order chi connectivity index (χ1) is 7.07. The Morgan fingerprint density at radius 2 is 2.07 bits per heavy atom. The minimum absolute atomic E-state index is 0.0439. The lowest BCUT2D eigenvalue weighted by Gasteiger charge is -2.18. The summed E-state index contributed by atoms with van der Waals surface area (Å²) >= 11 is 5.94. The van der Waals surface area contributed by atoms with E-state index in [4.69, 9.17) is 11.6 Å². The van der Waals surface area contributed by atoms with Gasteiger partial charge in [-0.25, -0.2) is 0 Å². The van der Waals surface area contributed by atoms with E-state index in [2.05, 4.69) is 0 Å². The molecule has 0 unspecified atom stereocenters. The first-order valence-corrected chi connectivity index (χ1v) is 5.41. The maximum absolute atomic E-state index is 11.4. The lowest BCUT2D eigenvalue weighted by Crippen LogP contribution is -2.18. The van der Waals surface area contributed by atoms with Crippen LogP contribution in [0.1, 0.15) is 31.9 Å². The molecular weight excluding hydrogens is 212 g/mol. The highest BCUT2D eigenvalue weighted by Crippen LogP contribution is 2.28. The number of hydrogen-bond donors (Lipinski definition) is 1. The van der Waals surface area contributed by atoms with E-state index in [9.17, 15) is 9.90 Å². The van der Waals surface area contributed by atoms with Gasteiger partial charge in [0.25, 0.3) is 0 Å². The van der Waals surface area contributed by atoms with Crippen LogP contribution in [-0.4, -0.2) is 10.9 Å². The van der Waals surface area contributed by atoms with Gasteiger partial charge in [0.1, 0.15) is 5.78 Å². The fourth-order valence-electron chi connectivity index (χ4n) is 1.48. The molecule has 1 aromatic rings. The van der Waals surface area contributed by atoms with Gasteiger partial charge in [-0.15, -0.1) is 0 Å². The molecule has 1 aromatic carbocycles. The number of hydrogen-bond acceptors (Lipinski definition) is 2. The van der Waals surface area contributed by atoms with E-state index in [0.29, 0.717) is 17.0 Å². The molecular formula is C12H15ClO2. The Labute approximate surface area is 94.9 Å². The normalized spacial score (nSPS) is 14.7. The monoisotopic (exact) mass is 226 g/mol. The van der Waals surface area contributed by atoms with Crippen molar-refractivity contribution in [3.05, 3.63) is 34.9 Å². The molecule has 0 spiro atoms. The van der Waals surface area contributed by atoms with Crippen molar-refractivity contribution < 1.29 is 9.90 Å². The van der Waals surface area contributed by atoms with Crippen molar-refractivity contribution in [1.82, 2.24) is 0 Å². The summed E-state index contributed by atoms with van der Waals surface area (Å²) in [7, 11) is 0. The molecule has 3 heteroatoms. The van der Waals surface area contributed by atoms with Crippen molar-refractivity contribution in [1.29, 1.82) is 0 Å². The maximum atomic E-state index is 11.4. The summed E-state index contributed by atoms with van der Waals surface area (Å²) in [6.07, 6.45) is -0.381. The molecule has 82 valence electrons. The number of ketones is 1.